The molecule has 4 nitrogen and oxygen atoms in total. The third-order valence-electron chi connectivity index (χ3n) is 1.37. The summed E-state index contributed by atoms with van der Waals surface area (Å²) >= 11 is 0. The average Bonchev–Trinajstić information content (AvgIpc) is 2.05. The van der Waals surface area contributed by atoms with E-state index in [1.807, 2.05) is 0 Å². The molecule has 0 bridgehead atoms. The average molecular weight is 157 g/mol. The van der Waals surface area contributed by atoms with Crippen LogP contribution in [0.1, 0.15) is 12.8 Å². The second-order valence-electron chi connectivity index (χ2n) is 2.16. The summed E-state index contributed by atoms with van der Waals surface area (Å²) in [7, 11) is 0. The van der Waals surface area contributed by atoms with E-state index < -0.39 is 5.92 Å². The number of ketones is 1. The van der Waals surface area contributed by atoms with Crippen molar-refractivity contribution in [2.24, 2.45) is 11.7 Å². The number of rotatable bonds is 6. The number of nitrogens with two attached hydrogens (primary N) is 1. The molecule has 0 saturated heterocycles. The fraction of sp³-hybridized carbons (Fsp3) is 0.571. The highest BCUT2D eigenvalue weighted by atomic mass is 16.1. The van der Waals surface area contributed by atoms with Gasteiger partial charge in [0.15, 0.2) is 5.78 Å². The Morgan fingerprint density at radius 2 is 2.09 bits per heavy atom. The third kappa shape index (κ3) is 3.62. The molecule has 0 aliphatic heterocycles. The monoisotopic (exact) mass is 157 g/mol. The number of hydrogen-bond acceptors (Lipinski definition) is 4. The van der Waals surface area contributed by atoms with Crippen molar-refractivity contribution in [1.82, 2.24) is 0 Å². The Morgan fingerprint density at radius 1 is 1.45 bits per heavy atom. The quantitative estimate of drug-likeness (QED) is 0.409. The van der Waals surface area contributed by atoms with E-state index in [9.17, 15) is 14.4 Å². The van der Waals surface area contributed by atoms with Gasteiger partial charge in [-0.05, 0) is 6.42 Å². The summed E-state index contributed by atoms with van der Waals surface area (Å²) in [4.78, 5) is 30.9. The van der Waals surface area contributed by atoms with Crippen LogP contribution >= 0.6 is 0 Å². The zero-order valence-electron chi connectivity index (χ0n) is 6.16. The molecular formula is C7H11NO3. The molecule has 0 aromatic carbocycles. The molecule has 0 radical (unpaired) electrons. The molecule has 0 aromatic rings. The Morgan fingerprint density at radius 3 is 2.45 bits per heavy atom. The van der Waals surface area contributed by atoms with Gasteiger partial charge in [-0.1, -0.05) is 0 Å². The zero-order chi connectivity index (χ0) is 8.69. The minimum absolute atomic E-state index is 0.137. The van der Waals surface area contributed by atoms with Crippen LogP contribution in [0.25, 0.3) is 0 Å². The Kier molecular flexibility index (Phi) is 5.20. The molecule has 62 valence electrons. The van der Waals surface area contributed by atoms with Crippen LogP contribution in [-0.2, 0) is 14.4 Å². The molecular weight excluding hydrogens is 146 g/mol. The minimum Gasteiger partial charge on any atom is -0.324 e. The molecule has 0 aliphatic rings. The Hall–Kier alpha value is -1.03. The van der Waals surface area contributed by atoms with Gasteiger partial charge < -0.3 is 15.3 Å². The number of hydrogen-bond donors (Lipinski definition) is 1. The first kappa shape index (κ1) is 9.97. The maximum absolute atomic E-state index is 10.8. The number of carbonyl (C=O) groups is 3. The van der Waals surface area contributed by atoms with Crippen LogP contribution in [0.15, 0.2) is 0 Å². The van der Waals surface area contributed by atoms with Crippen molar-refractivity contribution in [2.45, 2.75) is 12.8 Å². The van der Waals surface area contributed by atoms with E-state index in [-0.39, 0.29) is 25.2 Å². The molecule has 0 fully saturated rings. The van der Waals surface area contributed by atoms with E-state index in [2.05, 4.69) is 0 Å². The van der Waals surface area contributed by atoms with E-state index in [0.717, 1.165) is 0 Å². The number of Topliss-reactive ketones (excluding diaryl/α,β-unsaturated/α-hetero) is 1. The van der Waals surface area contributed by atoms with E-state index in [1.165, 1.54) is 0 Å². The molecule has 1 unspecified atom stereocenters. The summed E-state index contributed by atoms with van der Waals surface area (Å²) in [6, 6.07) is 0. The van der Waals surface area contributed by atoms with Gasteiger partial charge in [0.2, 0.25) is 0 Å². The van der Waals surface area contributed by atoms with Gasteiger partial charge in [0.05, 0.1) is 12.5 Å². The van der Waals surface area contributed by atoms with Crippen LogP contribution in [0.5, 0.6) is 0 Å². The van der Waals surface area contributed by atoms with Crippen LogP contribution < -0.4 is 5.73 Å². The van der Waals surface area contributed by atoms with Crippen LogP contribution in [0.2, 0.25) is 0 Å². The van der Waals surface area contributed by atoms with Crippen molar-refractivity contribution < 1.29 is 14.4 Å². The Labute approximate surface area is 64.8 Å². The van der Waals surface area contributed by atoms with Crippen LogP contribution in [0.4, 0.5) is 0 Å². The number of aldehydes is 2. The van der Waals surface area contributed by atoms with Gasteiger partial charge in [-0.3, -0.25) is 4.79 Å². The SMILES string of the molecule is NCC(=O)C(C=O)CCC=O. The Balaban J connectivity index is 3.83. The van der Waals surface area contributed by atoms with Gasteiger partial charge >= 0.3 is 0 Å². The normalized spacial score (nSPS) is 12.1. The zero-order valence-corrected chi connectivity index (χ0v) is 6.16. The molecule has 4 heteroatoms. The number of carbonyl (C=O) groups excluding carboxylic acids is 3. The summed E-state index contributed by atoms with van der Waals surface area (Å²) in [6.45, 7) is -0.137. The fourth-order valence-electron chi connectivity index (χ4n) is 0.704. The van der Waals surface area contributed by atoms with E-state index >= 15 is 0 Å². The first-order valence-electron chi connectivity index (χ1n) is 3.38. The molecule has 0 spiro atoms. The first-order valence-corrected chi connectivity index (χ1v) is 3.38. The van der Waals surface area contributed by atoms with Crippen molar-refractivity contribution in [1.29, 1.82) is 0 Å². The third-order valence-corrected chi connectivity index (χ3v) is 1.37. The molecule has 0 amide bonds. The molecule has 11 heavy (non-hydrogen) atoms. The largest absolute Gasteiger partial charge is 0.324 e. The van der Waals surface area contributed by atoms with E-state index in [4.69, 9.17) is 5.73 Å². The predicted molar refractivity (Wildman–Crippen MR) is 38.9 cm³/mol. The van der Waals surface area contributed by atoms with Gasteiger partial charge in [-0.2, -0.15) is 0 Å². The topological polar surface area (TPSA) is 77.2 Å². The summed E-state index contributed by atoms with van der Waals surface area (Å²) < 4.78 is 0. The van der Waals surface area contributed by atoms with Gasteiger partial charge in [-0.25, -0.2) is 0 Å². The smallest absolute Gasteiger partial charge is 0.156 e. The molecule has 1 atom stereocenters. The van der Waals surface area contributed by atoms with Crippen molar-refractivity contribution in [2.75, 3.05) is 6.54 Å². The van der Waals surface area contributed by atoms with Gasteiger partial charge in [-0.15, -0.1) is 0 Å². The van der Waals surface area contributed by atoms with Gasteiger partial charge in [0.1, 0.15) is 12.6 Å². The van der Waals surface area contributed by atoms with Crippen molar-refractivity contribution in [3.63, 3.8) is 0 Å². The lowest BCUT2D eigenvalue weighted by atomic mass is 10.0. The van der Waals surface area contributed by atoms with Gasteiger partial charge in [0, 0.05) is 6.42 Å². The predicted octanol–water partition coefficient (Wildman–Crippen LogP) is -0.692. The second-order valence-corrected chi connectivity index (χ2v) is 2.16. The lowest BCUT2D eigenvalue weighted by molar-refractivity contribution is -0.126. The molecule has 2 N–H and O–H groups in total. The summed E-state index contributed by atoms with van der Waals surface area (Å²) in [5.41, 5.74) is 5.02. The minimum atomic E-state index is -0.690. The maximum Gasteiger partial charge on any atom is 0.156 e. The summed E-state index contributed by atoms with van der Waals surface area (Å²) in [5, 5.41) is 0. The maximum atomic E-state index is 10.8. The van der Waals surface area contributed by atoms with Gasteiger partial charge in [0.25, 0.3) is 0 Å². The fourth-order valence-corrected chi connectivity index (χ4v) is 0.704. The highest BCUT2D eigenvalue weighted by Gasteiger charge is 2.14. The standard InChI is InChI=1S/C7H11NO3/c8-4-7(11)6(5-10)2-1-3-9/h3,5-6H,1-2,4,8H2. The second kappa shape index (κ2) is 5.73. The van der Waals surface area contributed by atoms with Crippen LogP contribution in [0.3, 0.4) is 0 Å². The van der Waals surface area contributed by atoms with Crippen molar-refractivity contribution in [3.05, 3.63) is 0 Å². The molecule has 0 saturated carbocycles. The van der Waals surface area contributed by atoms with Crippen molar-refractivity contribution in [3.8, 4) is 0 Å². The van der Waals surface area contributed by atoms with E-state index in [0.29, 0.717) is 12.6 Å². The van der Waals surface area contributed by atoms with Crippen molar-refractivity contribution >= 4 is 18.4 Å². The lowest BCUT2D eigenvalue weighted by Gasteiger charge is -2.03. The highest BCUT2D eigenvalue weighted by molar-refractivity contribution is 5.94. The molecule has 0 heterocycles. The summed E-state index contributed by atoms with van der Waals surface area (Å²) in [6.07, 6.45) is 1.73. The lowest BCUT2D eigenvalue weighted by Crippen LogP contribution is -2.24. The molecule has 0 aliphatic carbocycles. The van der Waals surface area contributed by atoms with E-state index in [1.54, 1.807) is 0 Å². The molecule has 0 rings (SSSR count). The Bertz CT molecular complexity index is 156. The first-order chi connectivity index (χ1) is 5.26. The van der Waals surface area contributed by atoms with Crippen LogP contribution in [0, 0.1) is 5.92 Å². The molecule has 0 aromatic heterocycles. The highest BCUT2D eigenvalue weighted by Crippen LogP contribution is 2.02. The van der Waals surface area contributed by atoms with Crippen LogP contribution in [-0.4, -0.2) is 24.9 Å². The summed E-state index contributed by atoms with van der Waals surface area (Å²) in [5.74, 6) is -0.993.